The molecule has 19 heavy (non-hydrogen) atoms. The standard InChI is InChI=1S/C17H11IO/c1-10-12-6-3-2-5-11(12)9-14-13-7-4-8-15(18)17(13)19-16(10)14/h2-9H,1H3. The second kappa shape index (κ2) is 3.97. The van der Waals surface area contributed by atoms with Gasteiger partial charge in [0, 0.05) is 16.3 Å². The number of para-hydroxylation sites is 1. The van der Waals surface area contributed by atoms with Crippen LogP contribution in [0.3, 0.4) is 0 Å². The molecule has 0 saturated carbocycles. The Morgan fingerprint density at radius 1 is 0.842 bits per heavy atom. The minimum Gasteiger partial charge on any atom is -0.455 e. The average molecular weight is 358 g/mol. The van der Waals surface area contributed by atoms with E-state index >= 15 is 0 Å². The van der Waals surface area contributed by atoms with E-state index in [9.17, 15) is 0 Å². The summed E-state index contributed by atoms with van der Waals surface area (Å²) in [6, 6.07) is 17.0. The van der Waals surface area contributed by atoms with Crippen molar-refractivity contribution in [2.75, 3.05) is 0 Å². The maximum absolute atomic E-state index is 6.11. The molecule has 0 radical (unpaired) electrons. The fourth-order valence-corrected chi connectivity index (χ4v) is 3.38. The molecular weight excluding hydrogens is 347 g/mol. The monoisotopic (exact) mass is 358 g/mol. The van der Waals surface area contributed by atoms with Crippen molar-refractivity contribution in [2.24, 2.45) is 0 Å². The van der Waals surface area contributed by atoms with Crippen molar-refractivity contribution in [1.29, 1.82) is 0 Å². The fraction of sp³-hybridized carbons (Fsp3) is 0.0588. The van der Waals surface area contributed by atoms with Gasteiger partial charge in [-0.05, 0) is 52.4 Å². The topological polar surface area (TPSA) is 13.1 Å². The van der Waals surface area contributed by atoms with Crippen LogP contribution >= 0.6 is 22.6 Å². The van der Waals surface area contributed by atoms with Crippen molar-refractivity contribution in [3.63, 3.8) is 0 Å². The molecule has 0 aliphatic carbocycles. The van der Waals surface area contributed by atoms with E-state index in [0.29, 0.717) is 0 Å². The predicted octanol–water partition coefficient (Wildman–Crippen LogP) is 5.65. The highest BCUT2D eigenvalue weighted by molar-refractivity contribution is 14.1. The summed E-state index contributed by atoms with van der Waals surface area (Å²) in [5.74, 6) is 0. The van der Waals surface area contributed by atoms with Crippen molar-refractivity contribution in [3.8, 4) is 0 Å². The van der Waals surface area contributed by atoms with Crippen molar-refractivity contribution in [1.82, 2.24) is 0 Å². The first-order valence-electron chi connectivity index (χ1n) is 6.25. The molecule has 1 aromatic heterocycles. The van der Waals surface area contributed by atoms with Gasteiger partial charge in [0.2, 0.25) is 0 Å². The number of benzene rings is 3. The molecule has 2 heteroatoms. The molecule has 1 nitrogen and oxygen atoms in total. The Balaban J connectivity index is 2.33. The summed E-state index contributed by atoms with van der Waals surface area (Å²) < 4.78 is 7.28. The molecule has 0 fully saturated rings. The number of fused-ring (bicyclic) bond motifs is 4. The Morgan fingerprint density at radius 2 is 1.63 bits per heavy atom. The van der Waals surface area contributed by atoms with Gasteiger partial charge in [-0.25, -0.2) is 0 Å². The second-order valence-corrected chi connectivity index (χ2v) is 5.98. The Bertz CT molecular complexity index is 934. The van der Waals surface area contributed by atoms with Gasteiger partial charge in [0.15, 0.2) is 0 Å². The largest absolute Gasteiger partial charge is 0.455 e. The van der Waals surface area contributed by atoms with E-state index in [1.54, 1.807) is 0 Å². The quantitative estimate of drug-likeness (QED) is 0.370. The third-order valence-electron chi connectivity index (χ3n) is 3.71. The summed E-state index contributed by atoms with van der Waals surface area (Å²) in [6.45, 7) is 2.14. The van der Waals surface area contributed by atoms with Gasteiger partial charge in [-0.2, -0.15) is 0 Å². The van der Waals surface area contributed by atoms with Crippen LogP contribution in [0.5, 0.6) is 0 Å². The van der Waals surface area contributed by atoms with E-state index in [2.05, 4.69) is 78.0 Å². The second-order valence-electron chi connectivity index (χ2n) is 4.82. The van der Waals surface area contributed by atoms with E-state index < -0.39 is 0 Å². The summed E-state index contributed by atoms with van der Waals surface area (Å²) >= 11 is 2.33. The van der Waals surface area contributed by atoms with Crippen molar-refractivity contribution >= 4 is 55.3 Å². The first kappa shape index (κ1) is 11.3. The van der Waals surface area contributed by atoms with Crippen LogP contribution in [-0.2, 0) is 0 Å². The van der Waals surface area contributed by atoms with Crippen molar-refractivity contribution in [2.45, 2.75) is 6.92 Å². The lowest BCUT2D eigenvalue weighted by Crippen LogP contribution is -1.79. The van der Waals surface area contributed by atoms with Crippen molar-refractivity contribution in [3.05, 3.63) is 57.7 Å². The van der Waals surface area contributed by atoms with Gasteiger partial charge in [-0.3, -0.25) is 0 Å². The highest BCUT2D eigenvalue weighted by atomic mass is 127. The van der Waals surface area contributed by atoms with Gasteiger partial charge < -0.3 is 4.42 Å². The minimum absolute atomic E-state index is 0.997. The molecule has 0 N–H and O–H groups in total. The van der Waals surface area contributed by atoms with Crippen molar-refractivity contribution < 1.29 is 4.42 Å². The number of rotatable bonds is 0. The van der Waals surface area contributed by atoms with E-state index in [-0.39, 0.29) is 0 Å². The Labute approximate surface area is 124 Å². The van der Waals surface area contributed by atoms with Crippen LogP contribution in [0.4, 0.5) is 0 Å². The maximum Gasteiger partial charge on any atom is 0.148 e. The zero-order valence-electron chi connectivity index (χ0n) is 10.4. The predicted molar refractivity (Wildman–Crippen MR) is 88.7 cm³/mol. The molecule has 3 aromatic carbocycles. The number of furan rings is 1. The molecule has 0 bridgehead atoms. The van der Waals surface area contributed by atoms with E-state index in [4.69, 9.17) is 4.42 Å². The first-order chi connectivity index (χ1) is 9.25. The lowest BCUT2D eigenvalue weighted by Gasteiger charge is -2.02. The van der Waals surface area contributed by atoms with Crippen LogP contribution in [-0.4, -0.2) is 0 Å². The molecule has 92 valence electrons. The van der Waals surface area contributed by atoms with E-state index in [1.165, 1.54) is 27.1 Å². The number of aryl methyl sites for hydroxylation is 1. The van der Waals surface area contributed by atoms with Crippen LogP contribution in [0.15, 0.2) is 52.9 Å². The van der Waals surface area contributed by atoms with Gasteiger partial charge in [-0.15, -0.1) is 0 Å². The SMILES string of the molecule is Cc1c2ccccc2cc2c1oc1c(I)cccc12. The van der Waals surface area contributed by atoms with Crippen LogP contribution in [0, 0.1) is 10.5 Å². The smallest absolute Gasteiger partial charge is 0.148 e. The third kappa shape index (κ3) is 1.53. The molecule has 0 amide bonds. The summed E-state index contributed by atoms with van der Waals surface area (Å²) in [7, 11) is 0. The van der Waals surface area contributed by atoms with Crippen LogP contribution in [0.2, 0.25) is 0 Å². The first-order valence-corrected chi connectivity index (χ1v) is 7.32. The van der Waals surface area contributed by atoms with Crippen LogP contribution < -0.4 is 0 Å². The summed E-state index contributed by atoms with van der Waals surface area (Å²) in [5.41, 5.74) is 3.23. The van der Waals surface area contributed by atoms with Gasteiger partial charge in [0.1, 0.15) is 11.2 Å². The lowest BCUT2D eigenvalue weighted by atomic mass is 10.0. The molecular formula is C17H11IO. The molecule has 0 unspecified atom stereocenters. The third-order valence-corrected chi connectivity index (χ3v) is 4.56. The van der Waals surface area contributed by atoms with Crippen LogP contribution in [0.25, 0.3) is 32.7 Å². The number of hydrogen-bond acceptors (Lipinski definition) is 1. The van der Waals surface area contributed by atoms with Gasteiger partial charge in [-0.1, -0.05) is 36.4 Å². The Morgan fingerprint density at radius 3 is 2.53 bits per heavy atom. The highest BCUT2D eigenvalue weighted by Gasteiger charge is 2.13. The Kier molecular flexibility index (Phi) is 2.36. The van der Waals surface area contributed by atoms with E-state index in [1.807, 2.05) is 0 Å². The fourth-order valence-electron chi connectivity index (χ4n) is 2.77. The average Bonchev–Trinajstić information content (AvgIpc) is 2.80. The molecule has 0 atom stereocenters. The molecule has 0 spiro atoms. The maximum atomic E-state index is 6.11. The molecule has 0 aliphatic heterocycles. The lowest BCUT2D eigenvalue weighted by molar-refractivity contribution is 0.664. The van der Waals surface area contributed by atoms with E-state index in [0.717, 1.165) is 14.7 Å². The van der Waals surface area contributed by atoms with Gasteiger partial charge >= 0.3 is 0 Å². The molecule has 0 aliphatic rings. The zero-order chi connectivity index (χ0) is 13.0. The molecule has 4 aromatic rings. The molecule has 1 heterocycles. The zero-order valence-corrected chi connectivity index (χ0v) is 12.6. The molecule has 0 saturated heterocycles. The normalized spacial score (nSPS) is 11.7. The van der Waals surface area contributed by atoms with Crippen LogP contribution in [0.1, 0.15) is 5.56 Å². The Hall–Kier alpha value is -1.55. The van der Waals surface area contributed by atoms with Gasteiger partial charge in [0.05, 0.1) is 3.57 Å². The number of hydrogen-bond donors (Lipinski definition) is 0. The summed E-state index contributed by atoms with van der Waals surface area (Å²) in [5, 5.41) is 4.96. The molecule has 4 rings (SSSR count). The number of halogens is 1. The summed E-state index contributed by atoms with van der Waals surface area (Å²) in [6.07, 6.45) is 0. The summed E-state index contributed by atoms with van der Waals surface area (Å²) in [4.78, 5) is 0. The highest BCUT2D eigenvalue weighted by Crippen LogP contribution is 2.36. The van der Waals surface area contributed by atoms with Gasteiger partial charge in [0.25, 0.3) is 0 Å². The minimum atomic E-state index is 0.997.